The fraction of sp³-hybridized carbons (Fsp3) is 0.463. The molecule has 0 unspecified atom stereocenters. The molecule has 2 aromatic heterocycles. The number of aromatic nitrogens is 4. The van der Waals surface area contributed by atoms with Crippen LogP contribution in [0.15, 0.2) is 48.8 Å². The van der Waals surface area contributed by atoms with Gasteiger partial charge in [-0.05, 0) is 60.1 Å². The molecule has 4 atom stereocenters. The van der Waals surface area contributed by atoms with E-state index in [4.69, 9.17) is 23.9 Å². The summed E-state index contributed by atoms with van der Waals surface area (Å²) < 4.78 is 21.7. The molecule has 0 radical (unpaired) electrons. The highest BCUT2D eigenvalue weighted by atomic mass is 16.5. The number of alkyl carbamates (subject to hydrolysis) is 2. The van der Waals surface area contributed by atoms with Gasteiger partial charge in [-0.15, -0.1) is 0 Å². The largest absolute Gasteiger partial charge is 0.457 e. The second kappa shape index (κ2) is 16.7. The number of rotatable bonds is 10. The van der Waals surface area contributed by atoms with Gasteiger partial charge in [0.15, 0.2) is 0 Å². The Bertz CT molecular complexity index is 2130. The van der Waals surface area contributed by atoms with Crippen LogP contribution in [0.2, 0.25) is 0 Å². The number of aromatic amines is 2. The lowest BCUT2D eigenvalue weighted by atomic mass is 9.96. The third-order valence-electron chi connectivity index (χ3n) is 10.9. The number of hydrogen-bond donors (Lipinski definition) is 4. The van der Waals surface area contributed by atoms with Crippen LogP contribution in [0, 0.1) is 11.8 Å². The molecule has 2 fully saturated rings. The van der Waals surface area contributed by atoms with Crippen molar-refractivity contribution in [2.45, 2.75) is 71.1 Å². The van der Waals surface area contributed by atoms with E-state index in [9.17, 15) is 19.2 Å². The molecule has 16 nitrogen and oxygen atoms in total. The molecule has 302 valence electrons. The number of imidazole rings is 2. The number of carbonyl (C=O) groups is 4. The van der Waals surface area contributed by atoms with Crippen molar-refractivity contribution >= 4 is 24.0 Å². The van der Waals surface area contributed by atoms with Gasteiger partial charge >= 0.3 is 12.2 Å². The lowest BCUT2D eigenvalue weighted by Crippen LogP contribution is -2.54. The lowest BCUT2D eigenvalue weighted by Gasteiger charge is -2.37. The van der Waals surface area contributed by atoms with Crippen molar-refractivity contribution in [1.82, 2.24) is 40.4 Å². The number of benzene rings is 2. The Balaban J connectivity index is 1.04. The Kier molecular flexibility index (Phi) is 11.5. The van der Waals surface area contributed by atoms with Crippen molar-refractivity contribution in [3.05, 3.63) is 71.6 Å². The van der Waals surface area contributed by atoms with Gasteiger partial charge in [0.05, 0.1) is 57.3 Å². The fourth-order valence-corrected chi connectivity index (χ4v) is 7.74. The third kappa shape index (κ3) is 8.17. The molecule has 0 spiro atoms. The summed E-state index contributed by atoms with van der Waals surface area (Å²) in [6.45, 7) is 9.13. The number of likely N-dealkylation sites (tertiary alicyclic amines) is 1. The Morgan fingerprint density at radius 3 is 1.95 bits per heavy atom. The Labute approximate surface area is 331 Å². The average molecular weight is 783 g/mol. The summed E-state index contributed by atoms with van der Waals surface area (Å²) in [5, 5.41) is 5.37. The minimum atomic E-state index is -0.758. The lowest BCUT2D eigenvalue weighted by molar-refractivity contribution is -0.143. The zero-order valence-electron chi connectivity index (χ0n) is 33.1. The molecule has 3 aliphatic heterocycles. The summed E-state index contributed by atoms with van der Waals surface area (Å²) in [6.07, 6.45) is 4.49. The zero-order valence-corrected chi connectivity index (χ0v) is 33.1. The molecule has 2 saturated heterocycles. The van der Waals surface area contributed by atoms with E-state index in [2.05, 4.69) is 37.7 Å². The van der Waals surface area contributed by atoms with E-state index in [0.29, 0.717) is 37.8 Å². The van der Waals surface area contributed by atoms with Gasteiger partial charge in [-0.3, -0.25) is 9.59 Å². The van der Waals surface area contributed by atoms with E-state index in [1.54, 1.807) is 22.2 Å². The van der Waals surface area contributed by atoms with E-state index < -0.39 is 30.3 Å². The number of morpholine rings is 1. The molecule has 0 aliphatic carbocycles. The summed E-state index contributed by atoms with van der Waals surface area (Å²) in [5.41, 5.74) is 5.48. The molecule has 16 heteroatoms. The standard InChI is InChI=1S/C41H50N8O8/c1-22(2)34(46-40(52)54-5)38(50)48-13-7-8-30(48)36-42-20-29(44-36)25-9-10-26-17-27-16-24(11-12-32(27)57-33(26)18-25)28-19-43-37(45-28)31-21-56-15-14-49(31)39(51)35(23(3)4)47-41(53)55-6/h9-12,16,18-20,22-23,30-31,34-35H,7-8,13-15,17,21H2,1-6H3,(H,42,44)(H,43,45)(H,46,52)(H,47,53)/t30-,31-,34-,35-/m0/s1. The molecule has 2 aromatic carbocycles. The van der Waals surface area contributed by atoms with Gasteiger partial charge < -0.3 is 49.3 Å². The smallest absolute Gasteiger partial charge is 0.407 e. The third-order valence-corrected chi connectivity index (χ3v) is 10.9. The van der Waals surface area contributed by atoms with Crippen molar-refractivity contribution in [3.63, 3.8) is 0 Å². The second-order valence-corrected chi connectivity index (χ2v) is 15.3. The molecule has 0 saturated carbocycles. The van der Waals surface area contributed by atoms with Crippen molar-refractivity contribution in [1.29, 1.82) is 0 Å². The van der Waals surface area contributed by atoms with Crippen LogP contribution in [0.4, 0.5) is 9.59 Å². The highest BCUT2D eigenvalue weighted by molar-refractivity contribution is 5.87. The van der Waals surface area contributed by atoms with Crippen LogP contribution in [0.25, 0.3) is 22.5 Å². The molecular formula is C41H50N8O8. The molecular weight excluding hydrogens is 732 g/mol. The normalized spacial score (nSPS) is 18.7. The topological polar surface area (TPSA) is 193 Å². The minimum Gasteiger partial charge on any atom is -0.457 e. The zero-order chi connectivity index (χ0) is 40.4. The van der Waals surface area contributed by atoms with Crippen molar-refractivity contribution in [2.24, 2.45) is 11.8 Å². The maximum absolute atomic E-state index is 13.7. The van der Waals surface area contributed by atoms with Gasteiger partial charge in [0.1, 0.15) is 41.3 Å². The highest BCUT2D eigenvalue weighted by Crippen LogP contribution is 2.41. The predicted octanol–water partition coefficient (Wildman–Crippen LogP) is 5.49. The first-order chi connectivity index (χ1) is 27.4. The number of methoxy groups -OCH3 is 2. The Hall–Kier alpha value is -5.90. The molecule has 4 N–H and O–H groups in total. The van der Waals surface area contributed by atoms with Crippen LogP contribution >= 0.6 is 0 Å². The molecule has 0 bridgehead atoms. The number of ether oxygens (including phenoxy) is 4. The molecule has 4 aromatic rings. The van der Waals surface area contributed by atoms with Crippen LogP contribution in [0.3, 0.4) is 0 Å². The number of H-pyrrole nitrogens is 2. The van der Waals surface area contributed by atoms with Crippen molar-refractivity contribution in [3.8, 4) is 34.0 Å². The molecule has 5 heterocycles. The first-order valence-corrected chi connectivity index (χ1v) is 19.4. The molecule has 57 heavy (non-hydrogen) atoms. The number of nitrogens with one attached hydrogen (secondary N) is 4. The minimum absolute atomic E-state index is 0.120. The van der Waals surface area contributed by atoms with Gasteiger partial charge in [-0.1, -0.05) is 39.8 Å². The maximum atomic E-state index is 13.7. The Morgan fingerprint density at radius 1 is 0.754 bits per heavy atom. The van der Waals surface area contributed by atoms with Crippen LogP contribution < -0.4 is 15.4 Å². The SMILES string of the molecule is COC(=O)N[C@H](C(=O)N1CCC[C@H]1c1ncc(-c2ccc3c(c2)Oc2ccc(-c4cnc([C@@H]5COCCN5C(=O)[C@@H](NC(=O)OC)C(C)C)[nH]4)cc2C3)[nH]1)C(C)C. The monoisotopic (exact) mass is 782 g/mol. The van der Waals surface area contributed by atoms with Gasteiger partial charge in [0.2, 0.25) is 11.8 Å². The van der Waals surface area contributed by atoms with Gasteiger partial charge in [0, 0.05) is 30.6 Å². The van der Waals surface area contributed by atoms with Crippen LogP contribution in [-0.2, 0) is 30.2 Å². The van der Waals surface area contributed by atoms with E-state index in [1.807, 2.05) is 52.0 Å². The Morgan fingerprint density at radius 2 is 1.33 bits per heavy atom. The van der Waals surface area contributed by atoms with E-state index in [0.717, 1.165) is 58.0 Å². The van der Waals surface area contributed by atoms with E-state index >= 15 is 0 Å². The van der Waals surface area contributed by atoms with Crippen LogP contribution in [-0.4, -0.2) is 106 Å². The summed E-state index contributed by atoms with van der Waals surface area (Å²) in [6, 6.07) is 9.94. The van der Waals surface area contributed by atoms with Crippen molar-refractivity contribution in [2.75, 3.05) is 40.5 Å². The first kappa shape index (κ1) is 39.3. The molecule has 3 aliphatic rings. The average Bonchev–Trinajstić information content (AvgIpc) is 4.02. The van der Waals surface area contributed by atoms with Crippen LogP contribution in [0.1, 0.15) is 75.4 Å². The summed E-state index contributed by atoms with van der Waals surface area (Å²) in [4.78, 5) is 71.0. The fourth-order valence-electron chi connectivity index (χ4n) is 7.74. The first-order valence-electron chi connectivity index (χ1n) is 19.4. The predicted molar refractivity (Wildman–Crippen MR) is 208 cm³/mol. The number of fused-ring (bicyclic) bond motifs is 2. The maximum Gasteiger partial charge on any atom is 0.407 e. The molecule has 4 amide bonds. The molecule has 7 rings (SSSR count). The quantitative estimate of drug-likeness (QED) is 0.141. The van der Waals surface area contributed by atoms with E-state index in [-0.39, 0.29) is 36.3 Å². The number of hydrogen-bond acceptors (Lipinski definition) is 10. The van der Waals surface area contributed by atoms with Gasteiger partial charge in [-0.2, -0.15) is 0 Å². The second-order valence-electron chi connectivity index (χ2n) is 15.3. The number of amides is 4. The van der Waals surface area contributed by atoms with E-state index in [1.165, 1.54) is 14.2 Å². The highest BCUT2D eigenvalue weighted by Gasteiger charge is 2.39. The van der Waals surface area contributed by atoms with Gasteiger partial charge in [0.25, 0.3) is 0 Å². The van der Waals surface area contributed by atoms with Crippen LogP contribution in [0.5, 0.6) is 11.5 Å². The summed E-state index contributed by atoms with van der Waals surface area (Å²) in [7, 11) is 2.56. The van der Waals surface area contributed by atoms with Gasteiger partial charge in [-0.25, -0.2) is 19.6 Å². The summed E-state index contributed by atoms with van der Waals surface area (Å²) >= 11 is 0. The number of carbonyl (C=O) groups excluding carboxylic acids is 4. The number of nitrogens with zero attached hydrogens (tertiary/aromatic N) is 4. The summed E-state index contributed by atoms with van der Waals surface area (Å²) in [5.74, 6) is 2.14. The van der Waals surface area contributed by atoms with Crippen molar-refractivity contribution < 1.29 is 38.1 Å².